The Kier molecular flexibility index (Phi) is 4.28. The second-order valence-electron chi connectivity index (χ2n) is 5.15. The molecule has 0 saturated heterocycles. The maximum Gasteiger partial charge on any atom is 0.241 e. The molecular formula is C12H14F2N2O2S. The van der Waals surface area contributed by atoms with Gasteiger partial charge in [0, 0.05) is 6.07 Å². The molecule has 0 radical (unpaired) electrons. The smallest absolute Gasteiger partial charge is 0.207 e. The highest BCUT2D eigenvalue weighted by Crippen LogP contribution is 2.21. The van der Waals surface area contributed by atoms with Crippen LogP contribution in [0.5, 0.6) is 0 Å². The first-order valence-corrected chi connectivity index (χ1v) is 6.92. The van der Waals surface area contributed by atoms with E-state index in [1.54, 1.807) is 20.8 Å². The SMILES string of the molecule is CC(C)(C)[C@@H](C#N)NS(=O)(=O)c1cc(F)cc(F)c1. The molecule has 0 bridgehead atoms. The molecule has 1 N–H and O–H groups in total. The summed E-state index contributed by atoms with van der Waals surface area (Å²) in [6.45, 7) is 5.03. The van der Waals surface area contributed by atoms with Crippen LogP contribution in [0.2, 0.25) is 0 Å². The van der Waals surface area contributed by atoms with Gasteiger partial charge in [0.15, 0.2) is 0 Å². The van der Waals surface area contributed by atoms with Gasteiger partial charge in [0.2, 0.25) is 10.0 Å². The van der Waals surface area contributed by atoms with Gasteiger partial charge in [-0.05, 0) is 17.5 Å². The van der Waals surface area contributed by atoms with E-state index in [2.05, 4.69) is 4.72 Å². The van der Waals surface area contributed by atoms with Crippen LogP contribution in [0, 0.1) is 28.4 Å². The van der Waals surface area contributed by atoms with E-state index in [-0.39, 0.29) is 0 Å². The van der Waals surface area contributed by atoms with Crippen LogP contribution < -0.4 is 4.72 Å². The zero-order valence-corrected chi connectivity index (χ0v) is 11.6. The first-order chi connectivity index (χ1) is 8.56. The Morgan fingerprint density at radius 3 is 2.05 bits per heavy atom. The first-order valence-electron chi connectivity index (χ1n) is 5.44. The Morgan fingerprint density at radius 1 is 1.21 bits per heavy atom. The summed E-state index contributed by atoms with van der Waals surface area (Å²) in [4.78, 5) is -0.547. The molecule has 7 heteroatoms. The molecule has 4 nitrogen and oxygen atoms in total. The van der Waals surface area contributed by atoms with Crippen LogP contribution in [0.3, 0.4) is 0 Å². The summed E-state index contributed by atoms with van der Waals surface area (Å²) in [6, 6.07) is 2.78. The Morgan fingerprint density at radius 2 is 1.68 bits per heavy atom. The number of nitriles is 1. The number of nitrogens with one attached hydrogen (secondary N) is 1. The molecule has 1 atom stereocenters. The van der Waals surface area contributed by atoms with Crippen LogP contribution in [0.25, 0.3) is 0 Å². The number of benzene rings is 1. The van der Waals surface area contributed by atoms with Crippen molar-refractivity contribution in [3.05, 3.63) is 29.8 Å². The Bertz CT molecular complexity index is 595. The van der Waals surface area contributed by atoms with Crippen molar-refractivity contribution in [1.29, 1.82) is 5.26 Å². The van der Waals surface area contributed by atoms with Crippen molar-refractivity contribution in [3.8, 4) is 6.07 Å². The topological polar surface area (TPSA) is 70.0 Å². The van der Waals surface area contributed by atoms with E-state index in [1.807, 2.05) is 6.07 Å². The zero-order valence-electron chi connectivity index (χ0n) is 10.7. The third kappa shape index (κ3) is 3.98. The van der Waals surface area contributed by atoms with Crippen molar-refractivity contribution >= 4 is 10.0 Å². The third-order valence-electron chi connectivity index (χ3n) is 2.41. The summed E-state index contributed by atoms with van der Waals surface area (Å²) >= 11 is 0. The summed E-state index contributed by atoms with van der Waals surface area (Å²) in [5.41, 5.74) is -0.645. The number of hydrogen-bond acceptors (Lipinski definition) is 3. The van der Waals surface area contributed by atoms with Gasteiger partial charge < -0.3 is 0 Å². The lowest BCUT2D eigenvalue weighted by Crippen LogP contribution is -2.42. The maximum atomic E-state index is 13.0. The minimum absolute atomic E-state index is 0.547. The second kappa shape index (κ2) is 5.23. The predicted molar refractivity (Wildman–Crippen MR) is 65.5 cm³/mol. The fourth-order valence-corrected chi connectivity index (χ4v) is 2.69. The highest BCUT2D eigenvalue weighted by atomic mass is 32.2. The Hall–Kier alpha value is -1.52. The molecule has 0 saturated carbocycles. The molecule has 1 rings (SSSR count). The lowest BCUT2D eigenvalue weighted by atomic mass is 9.88. The quantitative estimate of drug-likeness (QED) is 0.926. The van der Waals surface area contributed by atoms with Crippen LogP contribution in [-0.4, -0.2) is 14.5 Å². The molecule has 0 unspecified atom stereocenters. The maximum absolute atomic E-state index is 13.0. The summed E-state index contributed by atoms with van der Waals surface area (Å²) in [7, 11) is -4.15. The molecule has 0 aliphatic heterocycles. The van der Waals surface area contributed by atoms with Crippen molar-refractivity contribution in [3.63, 3.8) is 0 Å². The molecule has 104 valence electrons. The average Bonchev–Trinajstić information content (AvgIpc) is 2.23. The molecule has 0 amide bonds. The van der Waals surface area contributed by atoms with E-state index >= 15 is 0 Å². The van der Waals surface area contributed by atoms with Crippen molar-refractivity contribution < 1.29 is 17.2 Å². The van der Waals surface area contributed by atoms with Crippen molar-refractivity contribution in [2.24, 2.45) is 5.41 Å². The van der Waals surface area contributed by atoms with Crippen LogP contribution >= 0.6 is 0 Å². The minimum atomic E-state index is -4.15. The highest BCUT2D eigenvalue weighted by molar-refractivity contribution is 7.89. The van der Waals surface area contributed by atoms with Crippen molar-refractivity contribution in [2.75, 3.05) is 0 Å². The molecule has 0 spiro atoms. The Labute approximate surface area is 111 Å². The van der Waals surface area contributed by atoms with Gasteiger partial charge in [-0.3, -0.25) is 0 Å². The number of nitrogens with zero attached hydrogens (tertiary/aromatic N) is 1. The van der Waals surface area contributed by atoms with E-state index in [4.69, 9.17) is 5.26 Å². The number of rotatable bonds is 3. The molecule has 19 heavy (non-hydrogen) atoms. The molecule has 0 heterocycles. The predicted octanol–water partition coefficient (Wildman–Crippen LogP) is 2.18. The van der Waals surface area contributed by atoms with Crippen molar-refractivity contribution in [1.82, 2.24) is 4.72 Å². The standard InChI is InChI=1S/C12H14F2N2O2S/c1-12(2,3)11(7-15)16-19(17,18)10-5-8(13)4-9(14)6-10/h4-6,11,16H,1-3H3/t11-/m1/s1. The fraction of sp³-hybridized carbons (Fsp3) is 0.417. The minimum Gasteiger partial charge on any atom is -0.207 e. The van der Waals surface area contributed by atoms with E-state index in [0.717, 1.165) is 0 Å². The molecular weight excluding hydrogens is 274 g/mol. The van der Waals surface area contributed by atoms with Gasteiger partial charge in [-0.1, -0.05) is 20.8 Å². The van der Waals surface area contributed by atoms with Gasteiger partial charge >= 0.3 is 0 Å². The van der Waals surface area contributed by atoms with Gasteiger partial charge in [0.1, 0.15) is 17.7 Å². The van der Waals surface area contributed by atoms with Gasteiger partial charge in [-0.15, -0.1) is 0 Å². The van der Waals surface area contributed by atoms with Gasteiger partial charge in [0.05, 0.1) is 11.0 Å². The van der Waals surface area contributed by atoms with E-state index in [1.165, 1.54) is 0 Å². The van der Waals surface area contributed by atoms with E-state index in [9.17, 15) is 17.2 Å². The highest BCUT2D eigenvalue weighted by Gasteiger charge is 2.30. The lowest BCUT2D eigenvalue weighted by Gasteiger charge is -2.25. The molecule has 0 aliphatic rings. The van der Waals surface area contributed by atoms with Gasteiger partial charge in [-0.2, -0.15) is 9.98 Å². The molecule has 1 aromatic carbocycles. The van der Waals surface area contributed by atoms with E-state index < -0.39 is 38.0 Å². The summed E-state index contributed by atoms with van der Waals surface area (Å²) < 4.78 is 52.1. The third-order valence-corrected chi connectivity index (χ3v) is 3.82. The lowest BCUT2D eigenvalue weighted by molar-refractivity contribution is 0.350. The Balaban J connectivity index is 3.15. The summed E-state index contributed by atoms with van der Waals surface area (Å²) in [5.74, 6) is -1.99. The van der Waals surface area contributed by atoms with Crippen LogP contribution in [0.1, 0.15) is 20.8 Å². The second-order valence-corrected chi connectivity index (χ2v) is 6.87. The number of halogens is 2. The fourth-order valence-electron chi connectivity index (χ4n) is 1.30. The monoisotopic (exact) mass is 288 g/mol. The van der Waals surface area contributed by atoms with Crippen LogP contribution in [0.15, 0.2) is 23.1 Å². The zero-order chi connectivity index (χ0) is 14.8. The van der Waals surface area contributed by atoms with Crippen molar-refractivity contribution in [2.45, 2.75) is 31.7 Å². The van der Waals surface area contributed by atoms with Crippen LogP contribution in [0.4, 0.5) is 8.78 Å². The first kappa shape index (κ1) is 15.5. The molecule has 0 fully saturated rings. The molecule has 0 aliphatic carbocycles. The largest absolute Gasteiger partial charge is 0.241 e. The molecule has 0 aromatic heterocycles. The van der Waals surface area contributed by atoms with Gasteiger partial charge in [0.25, 0.3) is 0 Å². The van der Waals surface area contributed by atoms with Crippen LogP contribution in [-0.2, 0) is 10.0 Å². The summed E-state index contributed by atoms with van der Waals surface area (Å²) in [5, 5.41) is 8.96. The van der Waals surface area contributed by atoms with Gasteiger partial charge in [-0.25, -0.2) is 17.2 Å². The summed E-state index contributed by atoms with van der Waals surface area (Å²) in [6.07, 6.45) is 0. The average molecular weight is 288 g/mol. The number of sulfonamides is 1. The molecule has 1 aromatic rings. The van der Waals surface area contributed by atoms with E-state index in [0.29, 0.717) is 18.2 Å². The number of hydrogen-bond donors (Lipinski definition) is 1. The normalized spacial score (nSPS) is 13.9.